The fraction of sp³-hybridized carbons (Fsp3) is 0.412. The van der Waals surface area contributed by atoms with E-state index in [9.17, 15) is 4.79 Å². The van der Waals surface area contributed by atoms with E-state index in [0.717, 1.165) is 36.5 Å². The minimum absolute atomic E-state index is 0.0614. The summed E-state index contributed by atoms with van der Waals surface area (Å²) in [6.07, 6.45) is 5.89. The van der Waals surface area contributed by atoms with Crippen LogP contribution in [-0.2, 0) is 0 Å². The molecule has 0 unspecified atom stereocenters. The van der Waals surface area contributed by atoms with Gasteiger partial charge in [-0.15, -0.1) is 0 Å². The lowest BCUT2D eigenvalue weighted by atomic mass is 10.1. The molecule has 20 heavy (non-hydrogen) atoms. The largest absolute Gasteiger partial charge is 0.348 e. The molecule has 2 rings (SSSR count). The third-order valence-electron chi connectivity index (χ3n) is 3.50. The molecule has 1 aromatic carbocycles. The molecule has 0 aliphatic rings. The molecule has 0 bridgehead atoms. The van der Waals surface area contributed by atoms with Crippen LogP contribution in [-0.4, -0.2) is 16.9 Å². The summed E-state index contributed by atoms with van der Waals surface area (Å²) >= 11 is 0. The highest BCUT2D eigenvalue weighted by Gasteiger charge is 2.15. The maximum Gasteiger partial charge on any atom is 0.270 e. The van der Waals surface area contributed by atoms with E-state index < -0.39 is 0 Å². The highest BCUT2D eigenvalue weighted by atomic mass is 16.1. The van der Waals surface area contributed by atoms with E-state index in [2.05, 4.69) is 24.1 Å². The van der Waals surface area contributed by atoms with Crippen molar-refractivity contribution in [3.05, 3.63) is 42.2 Å². The summed E-state index contributed by atoms with van der Waals surface area (Å²) in [6, 6.07) is 10.0. The molecule has 0 spiro atoms. The predicted octanol–water partition coefficient (Wildman–Crippen LogP) is 3.93. The second kappa shape index (κ2) is 7.04. The summed E-state index contributed by atoms with van der Waals surface area (Å²) in [4.78, 5) is 16.7. The first-order valence-electron chi connectivity index (χ1n) is 7.40. The number of amides is 1. The van der Waals surface area contributed by atoms with Crippen LogP contribution in [0.15, 0.2) is 36.5 Å². The molecule has 0 aliphatic heterocycles. The number of rotatable bonds is 6. The Balaban J connectivity index is 2.22. The zero-order valence-corrected chi connectivity index (χ0v) is 12.2. The third-order valence-corrected chi connectivity index (χ3v) is 3.50. The molecule has 1 aromatic heterocycles. The lowest BCUT2D eigenvalue weighted by molar-refractivity contribution is 0.0929. The molecule has 0 saturated carbocycles. The summed E-state index contributed by atoms with van der Waals surface area (Å²) in [6.45, 7) is 4.29. The molecule has 0 aliphatic carbocycles. The van der Waals surface area contributed by atoms with Gasteiger partial charge in [-0.3, -0.25) is 9.78 Å². The minimum atomic E-state index is -0.0614. The van der Waals surface area contributed by atoms with Crippen molar-refractivity contribution in [3.8, 4) is 0 Å². The number of nitrogens with zero attached hydrogens (tertiary/aromatic N) is 1. The van der Waals surface area contributed by atoms with Gasteiger partial charge in [0.2, 0.25) is 0 Å². The second-order valence-corrected chi connectivity index (χ2v) is 5.13. The number of carbonyl (C=O) groups is 1. The zero-order chi connectivity index (χ0) is 14.4. The Kier molecular flexibility index (Phi) is 5.10. The Labute approximate surface area is 120 Å². The number of fused-ring (bicyclic) bond motifs is 1. The van der Waals surface area contributed by atoms with Crippen molar-refractivity contribution in [2.45, 2.75) is 45.6 Å². The highest BCUT2D eigenvalue weighted by molar-refractivity contribution is 6.05. The van der Waals surface area contributed by atoms with Crippen LogP contribution in [0, 0.1) is 0 Å². The average molecular weight is 270 g/mol. The summed E-state index contributed by atoms with van der Waals surface area (Å²) in [7, 11) is 0. The van der Waals surface area contributed by atoms with Gasteiger partial charge in [0.25, 0.3) is 5.91 Å². The first kappa shape index (κ1) is 14.5. The van der Waals surface area contributed by atoms with Crippen molar-refractivity contribution in [2.24, 2.45) is 0 Å². The van der Waals surface area contributed by atoms with E-state index in [4.69, 9.17) is 0 Å². The maximum absolute atomic E-state index is 12.4. The zero-order valence-electron chi connectivity index (χ0n) is 12.2. The van der Waals surface area contributed by atoms with E-state index >= 15 is 0 Å². The van der Waals surface area contributed by atoms with Crippen molar-refractivity contribution >= 4 is 16.7 Å². The number of pyridine rings is 1. The Morgan fingerprint density at radius 3 is 2.55 bits per heavy atom. The highest BCUT2D eigenvalue weighted by Crippen LogP contribution is 2.16. The first-order valence-corrected chi connectivity index (χ1v) is 7.40. The quantitative estimate of drug-likeness (QED) is 0.864. The number of hydrogen-bond donors (Lipinski definition) is 1. The number of carbonyl (C=O) groups excluding carboxylic acids is 1. The van der Waals surface area contributed by atoms with E-state index in [1.54, 1.807) is 6.20 Å². The SMILES string of the molecule is CCCC(CCC)NC(=O)c1nccc2ccccc12. The van der Waals surface area contributed by atoms with Crippen LogP contribution in [0.25, 0.3) is 10.8 Å². The molecule has 0 radical (unpaired) electrons. The lowest BCUT2D eigenvalue weighted by Gasteiger charge is -2.17. The topological polar surface area (TPSA) is 42.0 Å². The van der Waals surface area contributed by atoms with Crippen molar-refractivity contribution in [1.29, 1.82) is 0 Å². The van der Waals surface area contributed by atoms with Gasteiger partial charge in [-0.2, -0.15) is 0 Å². The maximum atomic E-state index is 12.4. The fourth-order valence-corrected chi connectivity index (χ4v) is 2.54. The van der Waals surface area contributed by atoms with Gasteiger partial charge in [0, 0.05) is 17.6 Å². The van der Waals surface area contributed by atoms with Crippen molar-refractivity contribution in [3.63, 3.8) is 0 Å². The minimum Gasteiger partial charge on any atom is -0.348 e. The second-order valence-electron chi connectivity index (χ2n) is 5.13. The van der Waals surface area contributed by atoms with Gasteiger partial charge < -0.3 is 5.32 Å². The van der Waals surface area contributed by atoms with Gasteiger partial charge in [0.15, 0.2) is 0 Å². The average Bonchev–Trinajstić information content (AvgIpc) is 2.47. The van der Waals surface area contributed by atoms with Gasteiger partial charge in [0.1, 0.15) is 5.69 Å². The lowest BCUT2D eigenvalue weighted by Crippen LogP contribution is -2.35. The fourth-order valence-electron chi connectivity index (χ4n) is 2.54. The molecule has 1 amide bonds. The van der Waals surface area contributed by atoms with Crippen molar-refractivity contribution < 1.29 is 4.79 Å². The van der Waals surface area contributed by atoms with E-state index in [1.165, 1.54) is 0 Å². The standard InChI is InChI=1S/C17H22N2O/c1-3-7-14(8-4-2)19-17(20)16-15-10-6-5-9-13(15)11-12-18-16/h5-6,9-12,14H,3-4,7-8H2,1-2H3,(H,19,20). The van der Waals surface area contributed by atoms with Crippen LogP contribution in [0.4, 0.5) is 0 Å². The normalized spacial score (nSPS) is 10.9. The van der Waals surface area contributed by atoms with Gasteiger partial charge in [-0.1, -0.05) is 51.0 Å². The smallest absolute Gasteiger partial charge is 0.270 e. The van der Waals surface area contributed by atoms with Gasteiger partial charge in [-0.05, 0) is 24.3 Å². The summed E-state index contributed by atoms with van der Waals surface area (Å²) in [5.41, 5.74) is 0.528. The third kappa shape index (κ3) is 3.35. The van der Waals surface area contributed by atoms with Crippen molar-refractivity contribution in [1.82, 2.24) is 10.3 Å². The molecule has 3 heteroatoms. The number of hydrogen-bond acceptors (Lipinski definition) is 2. The molecule has 106 valence electrons. The number of nitrogens with one attached hydrogen (secondary N) is 1. The van der Waals surface area contributed by atoms with E-state index in [1.807, 2.05) is 30.3 Å². The Bertz CT molecular complexity index is 569. The summed E-state index contributed by atoms with van der Waals surface area (Å²) < 4.78 is 0. The molecular weight excluding hydrogens is 248 g/mol. The van der Waals surface area contributed by atoms with E-state index in [0.29, 0.717) is 5.69 Å². The molecule has 1 heterocycles. The molecular formula is C17H22N2O. The van der Waals surface area contributed by atoms with E-state index in [-0.39, 0.29) is 11.9 Å². The summed E-state index contributed by atoms with van der Waals surface area (Å²) in [5, 5.41) is 5.09. The van der Waals surface area contributed by atoms with Gasteiger partial charge in [0.05, 0.1) is 0 Å². The Hall–Kier alpha value is -1.90. The molecule has 0 atom stereocenters. The monoisotopic (exact) mass is 270 g/mol. The molecule has 0 saturated heterocycles. The molecule has 2 aromatic rings. The van der Waals surface area contributed by atoms with Crippen LogP contribution in [0.2, 0.25) is 0 Å². The summed E-state index contributed by atoms with van der Waals surface area (Å²) in [5.74, 6) is -0.0614. The Morgan fingerprint density at radius 2 is 1.85 bits per heavy atom. The first-order chi connectivity index (χ1) is 9.76. The van der Waals surface area contributed by atoms with Crippen LogP contribution in [0.3, 0.4) is 0 Å². The number of benzene rings is 1. The predicted molar refractivity (Wildman–Crippen MR) is 82.8 cm³/mol. The van der Waals surface area contributed by atoms with Gasteiger partial charge in [-0.25, -0.2) is 0 Å². The molecule has 0 fully saturated rings. The molecule has 1 N–H and O–H groups in total. The van der Waals surface area contributed by atoms with Crippen LogP contribution < -0.4 is 5.32 Å². The number of aromatic nitrogens is 1. The van der Waals surface area contributed by atoms with Crippen LogP contribution in [0.1, 0.15) is 50.0 Å². The Morgan fingerprint density at radius 1 is 1.15 bits per heavy atom. The van der Waals surface area contributed by atoms with Crippen molar-refractivity contribution in [2.75, 3.05) is 0 Å². The van der Waals surface area contributed by atoms with Crippen LogP contribution >= 0.6 is 0 Å². The molecule has 3 nitrogen and oxygen atoms in total. The van der Waals surface area contributed by atoms with Gasteiger partial charge >= 0.3 is 0 Å². The van der Waals surface area contributed by atoms with Crippen LogP contribution in [0.5, 0.6) is 0 Å².